The summed E-state index contributed by atoms with van der Waals surface area (Å²) in [6, 6.07) is 2.11. The van der Waals surface area contributed by atoms with E-state index in [-0.39, 0.29) is 5.56 Å². The average molecular weight is 323 g/mol. The summed E-state index contributed by atoms with van der Waals surface area (Å²) in [7, 11) is 0.414. The summed E-state index contributed by atoms with van der Waals surface area (Å²) < 4.78 is 61.7. The number of hydrogen-bond acceptors (Lipinski definition) is 4. The monoisotopic (exact) mass is 322 g/mol. The Bertz CT molecular complexity index is 582. The van der Waals surface area contributed by atoms with Gasteiger partial charge in [-0.1, -0.05) is 0 Å². The van der Waals surface area contributed by atoms with Gasteiger partial charge in [0.1, 0.15) is 10.6 Å². The van der Waals surface area contributed by atoms with Crippen LogP contribution in [0.5, 0.6) is 5.75 Å². The predicted octanol–water partition coefficient (Wildman–Crippen LogP) is 2.89. The minimum atomic E-state index is -5.09. The van der Waals surface area contributed by atoms with Crippen LogP contribution in [0.3, 0.4) is 0 Å². The van der Waals surface area contributed by atoms with Crippen LogP contribution in [0, 0.1) is 0 Å². The average Bonchev–Trinajstić information content (AvgIpc) is 2.13. The highest BCUT2D eigenvalue weighted by atomic mass is 35.7. The van der Waals surface area contributed by atoms with E-state index < -0.39 is 31.3 Å². The fourth-order valence-electron chi connectivity index (χ4n) is 1.03. The number of ether oxygens (including phenoxy) is 1. The van der Waals surface area contributed by atoms with Gasteiger partial charge in [0.05, 0.1) is 0 Å². The summed E-state index contributed by atoms with van der Waals surface area (Å²) in [6.45, 7) is 0. The Balaban J connectivity index is 3.40. The maximum absolute atomic E-state index is 12.0. The summed E-state index contributed by atoms with van der Waals surface area (Å²) in [4.78, 5) is 9.79. The molecule has 10 heteroatoms. The van der Waals surface area contributed by atoms with Crippen LogP contribution in [0.4, 0.5) is 13.2 Å². The SMILES string of the molecule is O=C(Cl)c1ccc(OC(F)(F)F)c(S(=O)(=O)Cl)c1. The molecule has 0 saturated heterocycles. The summed E-state index contributed by atoms with van der Waals surface area (Å²) in [5, 5.41) is -1.05. The Kier molecular flexibility index (Phi) is 4.14. The second kappa shape index (κ2) is 4.94. The largest absolute Gasteiger partial charge is 0.573 e. The lowest BCUT2D eigenvalue weighted by Crippen LogP contribution is -2.18. The molecule has 0 spiro atoms. The molecular formula is C8H3Cl2F3O4S. The van der Waals surface area contributed by atoms with Crippen molar-refractivity contribution in [1.29, 1.82) is 0 Å². The van der Waals surface area contributed by atoms with Crippen LogP contribution < -0.4 is 4.74 Å². The molecular weight excluding hydrogens is 320 g/mol. The van der Waals surface area contributed by atoms with E-state index in [1.165, 1.54) is 0 Å². The zero-order valence-corrected chi connectivity index (χ0v) is 10.5. The smallest absolute Gasteiger partial charge is 0.404 e. The first-order chi connectivity index (χ1) is 8.00. The lowest BCUT2D eigenvalue weighted by atomic mass is 10.2. The quantitative estimate of drug-likeness (QED) is 0.803. The zero-order valence-electron chi connectivity index (χ0n) is 8.16. The number of hydrogen-bond donors (Lipinski definition) is 0. The molecule has 18 heavy (non-hydrogen) atoms. The van der Waals surface area contributed by atoms with Crippen molar-refractivity contribution in [2.24, 2.45) is 0 Å². The predicted molar refractivity (Wildman–Crippen MR) is 56.3 cm³/mol. The van der Waals surface area contributed by atoms with Crippen molar-refractivity contribution in [1.82, 2.24) is 0 Å². The summed E-state index contributed by atoms with van der Waals surface area (Å²) in [6.07, 6.45) is -5.09. The molecule has 100 valence electrons. The molecule has 0 radical (unpaired) electrons. The number of benzene rings is 1. The highest BCUT2D eigenvalue weighted by Gasteiger charge is 2.34. The Morgan fingerprint density at radius 3 is 2.22 bits per heavy atom. The van der Waals surface area contributed by atoms with E-state index >= 15 is 0 Å². The Morgan fingerprint density at radius 1 is 1.28 bits per heavy atom. The Labute approximate surface area is 109 Å². The fourth-order valence-corrected chi connectivity index (χ4v) is 2.13. The molecule has 0 N–H and O–H groups in total. The van der Waals surface area contributed by atoms with Gasteiger partial charge in [-0.25, -0.2) is 8.42 Å². The van der Waals surface area contributed by atoms with Crippen LogP contribution in [0.2, 0.25) is 0 Å². The van der Waals surface area contributed by atoms with E-state index in [0.29, 0.717) is 12.1 Å². The molecule has 1 aromatic rings. The van der Waals surface area contributed by atoms with E-state index in [9.17, 15) is 26.4 Å². The first-order valence-electron chi connectivity index (χ1n) is 4.05. The van der Waals surface area contributed by atoms with E-state index in [1.807, 2.05) is 0 Å². The summed E-state index contributed by atoms with van der Waals surface area (Å²) in [5.74, 6) is -1.04. The van der Waals surface area contributed by atoms with Gasteiger partial charge in [0, 0.05) is 16.2 Å². The normalized spacial score (nSPS) is 12.3. The van der Waals surface area contributed by atoms with E-state index in [4.69, 9.17) is 22.3 Å². The maximum Gasteiger partial charge on any atom is 0.573 e. The van der Waals surface area contributed by atoms with Gasteiger partial charge in [0.15, 0.2) is 0 Å². The van der Waals surface area contributed by atoms with E-state index in [0.717, 1.165) is 6.07 Å². The van der Waals surface area contributed by atoms with Gasteiger partial charge in [-0.3, -0.25) is 4.79 Å². The molecule has 0 amide bonds. The molecule has 0 atom stereocenters. The van der Waals surface area contributed by atoms with Crippen LogP contribution in [0.1, 0.15) is 10.4 Å². The van der Waals surface area contributed by atoms with Gasteiger partial charge in [0.25, 0.3) is 14.3 Å². The van der Waals surface area contributed by atoms with Gasteiger partial charge in [-0.15, -0.1) is 13.2 Å². The zero-order chi connectivity index (χ0) is 14.1. The standard InChI is InChI=1S/C8H3Cl2F3O4S/c9-7(14)4-1-2-5(17-8(11,12)13)6(3-4)18(10,15)16/h1-3H. The number of halogens is 5. The molecule has 1 aromatic carbocycles. The third-order valence-electron chi connectivity index (χ3n) is 1.66. The summed E-state index contributed by atoms with van der Waals surface area (Å²) in [5.41, 5.74) is -0.328. The summed E-state index contributed by atoms with van der Waals surface area (Å²) >= 11 is 5.07. The first kappa shape index (κ1) is 15.1. The molecule has 0 aliphatic heterocycles. The molecule has 4 nitrogen and oxygen atoms in total. The number of carbonyl (C=O) groups is 1. The Hall–Kier alpha value is -0.990. The minimum absolute atomic E-state index is 0.328. The van der Waals surface area contributed by atoms with Crippen molar-refractivity contribution in [2.75, 3.05) is 0 Å². The first-order valence-corrected chi connectivity index (χ1v) is 6.74. The minimum Gasteiger partial charge on any atom is -0.404 e. The van der Waals surface area contributed by atoms with Crippen molar-refractivity contribution in [3.8, 4) is 5.75 Å². The third-order valence-corrected chi connectivity index (χ3v) is 3.22. The highest BCUT2D eigenvalue weighted by molar-refractivity contribution is 8.13. The van der Waals surface area contributed by atoms with Crippen LogP contribution in [-0.2, 0) is 9.05 Å². The fraction of sp³-hybridized carbons (Fsp3) is 0.125. The molecule has 0 bridgehead atoms. The number of alkyl halides is 3. The molecule has 0 saturated carbocycles. The van der Waals surface area contributed by atoms with Gasteiger partial charge >= 0.3 is 6.36 Å². The van der Waals surface area contributed by atoms with Crippen LogP contribution in [0.25, 0.3) is 0 Å². The van der Waals surface area contributed by atoms with Crippen LogP contribution in [0.15, 0.2) is 23.1 Å². The van der Waals surface area contributed by atoms with Gasteiger partial charge < -0.3 is 4.74 Å². The molecule has 0 aliphatic rings. The Morgan fingerprint density at radius 2 is 1.83 bits per heavy atom. The van der Waals surface area contributed by atoms with Crippen molar-refractivity contribution in [2.45, 2.75) is 11.3 Å². The van der Waals surface area contributed by atoms with Crippen molar-refractivity contribution in [3.63, 3.8) is 0 Å². The van der Waals surface area contributed by atoms with E-state index in [2.05, 4.69) is 4.74 Å². The molecule has 0 aromatic heterocycles. The second-order valence-electron chi connectivity index (χ2n) is 2.92. The highest BCUT2D eigenvalue weighted by Crippen LogP contribution is 2.32. The van der Waals surface area contributed by atoms with E-state index in [1.54, 1.807) is 0 Å². The number of carbonyl (C=O) groups excluding carboxylic acids is 1. The van der Waals surface area contributed by atoms with Crippen molar-refractivity contribution < 1.29 is 31.1 Å². The van der Waals surface area contributed by atoms with Crippen molar-refractivity contribution >= 4 is 36.6 Å². The second-order valence-corrected chi connectivity index (χ2v) is 5.80. The number of rotatable bonds is 3. The topological polar surface area (TPSA) is 60.4 Å². The van der Waals surface area contributed by atoms with Crippen molar-refractivity contribution in [3.05, 3.63) is 23.8 Å². The van der Waals surface area contributed by atoms with Gasteiger partial charge in [-0.2, -0.15) is 0 Å². The lowest BCUT2D eigenvalue weighted by molar-refractivity contribution is -0.275. The molecule has 0 unspecified atom stereocenters. The maximum atomic E-state index is 12.0. The van der Waals surface area contributed by atoms with Gasteiger partial charge in [0.2, 0.25) is 0 Å². The molecule has 0 aliphatic carbocycles. The van der Waals surface area contributed by atoms with Crippen LogP contribution in [-0.4, -0.2) is 20.0 Å². The molecule has 0 fully saturated rings. The van der Waals surface area contributed by atoms with Crippen LogP contribution >= 0.6 is 22.3 Å². The molecule has 1 rings (SSSR count). The van der Waals surface area contributed by atoms with Gasteiger partial charge in [-0.05, 0) is 29.8 Å². The molecule has 0 heterocycles. The lowest BCUT2D eigenvalue weighted by Gasteiger charge is -2.11. The third kappa shape index (κ3) is 4.04.